The Hall–Kier alpha value is -0.820. The molecule has 2 unspecified atom stereocenters. The molecular weight excluding hydrogens is 218 g/mol. The summed E-state index contributed by atoms with van der Waals surface area (Å²) in [6.07, 6.45) is 3.69. The molecule has 0 aromatic heterocycles. The van der Waals surface area contributed by atoms with Gasteiger partial charge in [-0.1, -0.05) is 45.4 Å². The van der Waals surface area contributed by atoms with Crippen LogP contribution in [0.1, 0.15) is 62.8 Å². The van der Waals surface area contributed by atoms with Gasteiger partial charge in [0.1, 0.15) is 0 Å². The van der Waals surface area contributed by atoms with Crippen LogP contribution in [0.5, 0.6) is 0 Å². The van der Waals surface area contributed by atoms with Crippen molar-refractivity contribution in [2.45, 2.75) is 59.9 Å². The summed E-state index contributed by atoms with van der Waals surface area (Å²) in [5, 5.41) is 3.72. The number of nitrogens with one attached hydrogen (secondary N) is 1. The lowest BCUT2D eigenvalue weighted by atomic mass is 9.90. The monoisotopic (exact) mass is 247 g/mol. The topological polar surface area (TPSA) is 12.0 Å². The van der Waals surface area contributed by atoms with Crippen molar-refractivity contribution in [3.8, 4) is 0 Å². The summed E-state index contributed by atoms with van der Waals surface area (Å²) < 4.78 is 0. The first-order valence-electron chi connectivity index (χ1n) is 7.39. The number of benzene rings is 1. The standard InChI is InChI=1S/C17H29N/c1-6-11-18-17(12-13(3)7-2)16-10-8-9-14(4)15(16)5/h8-10,13,17-18H,6-7,11-12H2,1-5H3. The Morgan fingerprint density at radius 3 is 2.50 bits per heavy atom. The number of hydrogen-bond donors (Lipinski definition) is 1. The molecule has 0 aliphatic carbocycles. The molecule has 1 rings (SSSR count). The maximum absolute atomic E-state index is 3.72. The molecule has 102 valence electrons. The van der Waals surface area contributed by atoms with Crippen molar-refractivity contribution in [1.29, 1.82) is 0 Å². The van der Waals surface area contributed by atoms with Gasteiger partial charge >= 0.3 is 0 Å². The van der Waals surface area contributed by atoms with Crippen LogP contribution in [0.25, 0.3) is 0 Å². The van der Waals surface area contributed by atoms with Crippen molar-refractivity contribution in [3.05, 3.63) is 34.9 Å². The number of hydrogen-bond acceptors (Lipinski definition) is 1. The van der Waals surface area contributed by atoms with Gasteiger partial charge in [0.15, 0.2) is 0 Å². The number of aryl methyl sites for hydroxylation is 1. The molecule has 18 heavy (non-hydrogen) atoms. The average molecular weight is 247 g/mol. The maximum atomic E-state index is 3.72. The molecule has 1 heteroatoms. The van der Waals surface area contributed by atoms with E-state index in [0.29, 0.717) is 6.04 Å². The van der Waals surface area contributed by atoms with Gasteiger partial charge in [0.2, 0.25) is 0 Å². The smallest absolute Gasteiger partial charge is 0.0325 e. The highest BCUT2D eigenvalue weighted by molar-refractivity contribution is 5.35. The molecule has 0 bridgehead atoms. The van der Waals surface area contributed by atoms with Gasteiger partial charge in [-0.2, -0.15) is 0 Å². The molecule has 0 fully saturated rings. The fraction of sp³-hybridized carbons (Fsp3) is 0.647. The molecule has 2 atom stereocenters. The van der Waals surface area contributed by atoms with E-state index in [9.17, 15) is 0 Å². The van der Waals surface area contributed by atoms with Gasteiger partial charge in [-0.3, -0.25) is 0 Å². The Kier molecular flexibility index (Phi) is 6.42. The van der Waals surface area contributed by atoms with E-state index in [1.54, 1.807) is 0 Å². The Labute approximate surface area is 113 Å². The molecule has 1 nitrogen and oxygen atoms in total. The third kappa shape index (κ3) is 4.13. The van der Waals surface area contributed by atoms with Gasteiger partial charge in [-0.25, -0.2) is 0 Å². The lowest BCUT2D eigenvalue weighted by molar-refractivity contribution is 0.401. The Morgan fingerprint density at radius 1 is 1.17 bits per heavy atom. The van der Waals surface area contributed by atoms with Crippen LogP contribution in [0.2, 0.25) is 0 Å². The van der Waals surface area contributed by atoms with E-state index in [1.807, 2.05) is 0 Å². The fourth-order valence-corrected chi connectivity index (χ4v) is 2.36. The minimum Gasteiger partial charge on any atom is -0.310 e. The predicted octanol–water partition coefficient (Wildman–Crippen LogP) is 4.78. The predicted molar refractivity (Wildman–Crippen MR) is 81.0 cm³/mol. The molecule has 0 saturated carbocycles. The van der Waals surface area contributed by atoms with E-state index < -0.39 is 0 Å². The number of rotatable bonds is 7. The third-order valence-electron chi connectivity index (χ3n) is 4.00. The molecule has 0 aliphatic heterocycles. The zero-order valence-corrected chi connectivity index (χ0v) is 12.7. The SMILES string of the molecule is CCCNC(CC(C)CC)c1cccc(C)c1C. The molecule has 1 aromatic rings. The van der Waals surface area contributed by atoms with E-state index in [4.69, 9.17) is 0 Å². The second-order valence-electron chi connectivity index (χ2n) is 5.54. The largest absolute Gasteiger partial charge is 0.310 e. The van der Waals surface area contributed by atoms with Crippen molar-refractivity contribution in [1.82, 2.24) is 5.32 Å². The van der Waals surface area contributed by atoms with Gasteiger partial charge in [-0.05, 0) is 55.8 Å². The molecule has 1 N–H and O–H groups in total. The highest BCUT2D eigenvalue weighted by Gasteiger charge is 2.16. The van der Waals surface area contributed by atoms with Gasteiger partial charge in [-0.15, -0.1) is 0 Å². The summed E-state index contributed by atoms with van der Waals surface area (Å²) in [5.41, 5.74) is 4.35. The summed E-state index contributed by atoms with van der Waals surface area (Å²) in [5.74, 6) is 0.777. The van der Waals surface area contributed by atoms with Crippen LogP contribution in [0.3, 0.4) is 0 Å². The van der Waals surface area contributed by atoms with Gasteiger partial charge in [0.05, 0.1) is 0 Å². The van der Waals surface area contributed by atoms with Crippen molar-refractivity contribution in [2.75, 3.05) is 6.54 Å². The van der Waals surface area contributed by atoms with Crippen molar-refractivity contribution < 1.29 is 0 Å². The highest BCUT2D eigenvalue weighted by atomic mass is 14.9. The van der Waals surface area contributed by atoms with Crippen LogP contribution in [0.4, 0.5) is 0 Å². The minimum absolute atomic E-state index is 0.514. The van der Waals surface area contributed by atoms with Crippen molar-refractivity contribution in [2.24, 2.45) is 5.92 Å². The highest BCUT2D eigenvalue weighted by Crippen LogP contribution is 2.27. The molecular formula is C17H29N. The molecule has 0 amide bonds. The van der Waals surface area contributed by atoms with Crippen LogP contribution in [0, 0.1) is 19.8 Å². The lowest BCUT2D eigenvalue weighted by Gasteiger charge is -2.24. The zero-order valence-electron chi connectivity index (χ0n) is 12.7. The van der Waals surface area contributed by atoms with Crippen LogP contribution in [-0.4, -0.2) is 6.54 Å². The molecule has 1 aromatic carbocycles. The van der Waals surface area contributed by atoms with E-state index in [-0.39, 0.29) is 0 Å². The molecule has 0 heterocycles. The van der Waals surface area contributed by atoms with E-state index in [0.717, 1.165) is 12.5 Å². The Morgan fingerprint density at radius 2 is 1.89 bits per heavy atom. The second kappa shape index (κ2) is 7.58. The van der Waals surface area contributed by atoms with Crippen molar-refractivity contribution in [3.63, 3.8) is 0 Å². The molecule has 0 aliphatic rings. The summed E-state index contributed by atoms with van der Waals surface area (Å²) in [7, 11) is 0. The summed E-state index contributed by atoms with van der Waals surface area (Å²) in [6.45, 7) is 12.4. The third-order valence-corrected chi connectivity index (χ3v) is 4.00. The van der Waals surface area contributed by atoms with E-state index >= 15 is 0 Å². The average Bonchev–Trinajstić information content (AvgIpc) is 2.37. The van der Waals surface area contributed by atoms with Crippen molar-refractivity contribution >= 4 is 0 Å². The second-order valence-corrected chi connectivity index (χ2v) is 5.54. The van der Waals surface area contributed by atoms with E-state index in [2.05, 4.69) is 58.1 Å². The van der Waals surface area contributed by atoms with Gasteiger partial charge in [0.25, 0.3) is 0 Å². The normalized spacial score (nSPS) is 14.5. The molecule has 0 saturated heterocycles. The van der Waals surface area contributed by atoms with Gasteiger partial charge < -0.3 is 5.32 Å². The Bertz CT molecular complexity index is 357. The quantitative estimate of drug-likeness (QED) is 0.731. The van der Waals surface area contributed by atoms with Gasteiger partial charge in [0, 0.05) is 6.04 Å². The van der Waals surface area contributed by atoms with Crippen LogP contribution >= 0.6 is 0 Å². The maximum Gasteiger partial charge on any atom is 0.0325 e. The fourth-order valence-electron chi connectivity index (χ4n) is 2.36. The van der Waals surface area contributed by atoms with Crippen LogP contribution < -0.4 is 5.32 Å². The molecule has 0 radical (unpaired) electrons. The van der Waals surface area contributed by atoms with Crippen LogP contribution in [0.15, 0.2) is 18.2 Å². The molecule has 0 spiro atoms. The minimum atomic E-state index is 0.514. The zero-order chi connectivity index (χ0) is 13.5. The summed E-state index contributed by atoms with van der Waals surface area (Å²) in [4.78, 5) is 0. The first-order valence-corrected chi connectivity index (χ1v) is 7.39. The van der Waals surface area contributed by atoms with Crippen LogP contribution in [-0.2, 0) is 0 Å². The first-order chi connectivity index (χ1) is 8.60. The lowest BCUT2D eigenvalue weighted by Crippen LogP contribution is -2.24. The Balaban J connectivity index is 2.90. The summed E-state index contributed by atoms with van der Waals surface area (Å²) in [6, 6.07) is 7.20. The first kappa shape index (κ1) is 15.2. The summed E-state index contributed by atoms with van der Waals surface area (Å²) >= 11 is 0. The van der Waals surface area contributed by atoms with E-state index in [1.165, 1.54) is 36.0 Å².